The molecule has 1 fully saturated rings. The van der Waals surface area contributed by atoms with E-state index in [0.29, 0.717) is 23.4 Å². The average Bonchev–Trinajstić information content (AvgIpc) is 3.07. The van der Waals surface area contributed by atoms with Gasteiger partial charge in [-0.25, -0.2) is 4.39 Å². The molecule has 6 nitrogen and oxygen atoms in total. The molecule has 1 aliphatic carbocycles. The first-order valence-electron chi connectivity index (χ1n) is 8.86. The molecule has 0 radical (unpaired) electrons. The SMILES string of the molecule is CC(=O)Cn1nc(-c2nc(C3(c4cc(F)ccc4Cl)CC3)no2)cc1C(C)(F)F. The molecule has 0 unspecified atom stereocenters. The second-order valence-corrected chi connectivity index (χ2v) is 7.70. The highest BCUT2D eigenvalue weighted by atomic mass is 35.5. The first-order chi connectivity index (χ1) is 13.6. The van der Waals surface area contributed by atoms with Crippen molar-refractivity contribution in [2.45, 2.75) is 44.6 Å². The number of carbonyl (C=O) groups excluding carboxylic acids is 1. The van der Waals surface area contributed by atoms with Gasteiger partial charge in [-0.1, -0.05) is 16.8 Å². The molecule has 0 bridgehead atoms. The van der Waals surface area contributed by atoms with Crippen molar-refractivity contribution in [2.75, 3.05) is 0 Å². The van der Waals surface area contributed by atoms with E-state index in [0.717, 1.165) is 17.7 Å². The zero-order valence-electron chi connectivity index (χ0n) is 15.5. The maximum absolute atomic E-state index is 13.9. The molecule has 0 spiro atoms. The number of halogens is 4. The average molecular weight is 425 g/mol. The Morgan fingerprint density at radius 2 is 2.07 bits per heavy atom. The summed E-state index contributed by atoms with van der Waals surface area (Å²) in [5.74, 6) is -3.75. The molecule has 1 saturated carbocycles. The largest absolute Gasteiger partial charge is 0.332 e. The minimum absolute atomic E-state index is 0.0302. The minimum atomic E-state index is -3.21. The van der Waals surface area contributed by atoms with Crippen LogP contribution >= 0.6 is 11.6 Å². The van der Waals surface area contributed by atoms with E-state index in [-0.39, 0.29) is 29.7 Å². The maximum atomic E-state index is 13.9. The third-order valence-electron chi connectivity index (χ3n) is 4.87. The van der Waals surface area contributed by atoms with Crippen LogP contribution in [0.4, 0.5) is 13.2 Å². The second-order valence-electron chi connectivity index (χ2n) is 7.29. The number of hydrogen-bond acceptors (Lipinski definition) is 5. The lowest BCUT2D eigenvalue weighted by Crippen LogP contribution is -2.18. The molecular formula is C19H16ClF3N4O2. The normalized spacial score (nSPS) is 15.5. The van der Waals surface area contributed by atoms with Gasteiger partial charge in [0.05, 0.1) is 12.0 Å². The molecule has 29 heavy (non-hydrogen) atoms. The molecule has 1 aromatic carbocycles. The number of aromatic nitrogens is 4. The Balaban J connectivity index is 1.72. The van der Waals surface area contributed by atoms with Crippen LogP contribution in [0.1, 0.15) is 43.8 Å². The van der Waals surface area contributed by atoms with Crippen LogP contribution in [-0.4, -0.2) is 25.7 Å². The fraction of sp³-hybridized carbons (Fsp3) is 0.368. The van der Waals surface area contributed by atoms with Gasteiger partial charge in [-0.2, -0.15) is 18.9 Å². The quantitative estimate of drug-likeness (QED) is 0.582. The summed E-state index contributed by atoms with van der Waals surface area (Å²) in [6.45, 7) is 1.70. The van der Waals surface area contributed by atoms with Gasteiger partial charge in [0, 0.05) is 11.9 Å². The minimum Gasteiger partial charge on any atom is -0.332 e. The van der Waals surface area contributed by atoms with Crippen LogP contribution in [-0.2, 0) is 22.7 Å². The second kappa shape index (κ2) is 6.69. The summed E-state index contributed by atoms with van der Waals surface area (Å²) in [4.78, 5) is 15.7. The van der Waals surface area contributed by atoms with Crippen molar-refractivity contribution in [3.05, 3.63) is 52.2 Å². The number of hydrogen-bond donors (Lipinski definition) is 0. The van der Waals surface area contributed by atoms with Crippen LogP contribution in [0.5, 0.6) is 0 Å². The van der Waals surface area contributed by atoms with E-state index in [1.54, 1.807) is 0 Å². The Labute approximate surface area is 168 Å². The monoisotopic (exact) mass is 424 g/mol. The lowest BCUT2D eigenvalue weighted by Gasteiger charge is -2.12. The summed E-state index contributed by atoms with van der Waals surface area (Å²) >= 11 is 6.23. The Morgan fingerprint density at radius 1 is 1.34 bits per heavy atom. The van der Waals surface area contributed by atoms with Crippen molar-refractivity contribution in [3.8, 4) is 11.6 Å². The smallest absolute Gasteiger partial charge is 0.286 e. The number of benzene rings is 1. The number of alkyl halides is 2. The van der Waals surface area contributed by atoms with Gasteiger partial charge >= 0.3 is 0 Å². The molecule has 0 aliphatic heterocycles. The summed E-state index contributed by atoms with van der Waals surface area (Å²) in [6.07, 6.45) is 1.29. The summed E-state index contributed by atoms with van der Waals surface area (Å²) in [6, 6.07) is 5.18. The maximum Gasteiger partial charge on any atom is 0.286 e. The zero-order valence-corrected chi connectivity index (χ0v) is 16.3. The van der Waals surface area contributed by atoms with Crippen molar-refractivity contribution in [3.63, 3.8) is 0 Å². The van der Waals surface area contributed by atoms with E-state index < -0.39 is 22.8 Å². The van der Waals surface area contributed by atoms with E-state index >= 15 is 0 Å². The Bertz CT molecular complexity index is 1100. The summed E-state index contributed by atoms with van der Waals surface area (Å²) in [5.41, 5.74) is -0.533. The molecule has 0 amide bonds. The van der Waals surface area contributed by atoms with E-state index in [2.05, 4.69) is 15.2 Å². The molecule has 0 saturated heterocycles. The molecule has 3 aromatic rings. The molecular weight excluding hydrogens is 409 g/mol. The van der Waals surface area contributed by atoms with Gasteiger partial charge < -0.3 is 4.52 Å². The number of rotatable bonds is 6. The van der Waals surface area contributed by atoms with Crippen molar-refractivity contribution < 1.29 is 22.5 Å². The van der Waals surface area contributed by atoms with E-state index in [9.17, 15) is 18.0 Å². The Hall–Kier alpha value is -2.68. The van der Waals surface area contributed by atoms with E-state index in [1.807, 2.05) is 0 Å². The molecule has 0 N–H and O–H groups in total. The van der Waals surface area contributed by atoms with Gasteiger partial charge in [0.2, 0.25) is 0 Å². The van der Waals surface area contributed by atoms with Crippen molar-refractivity contribution in [1.82, 2.24) is 19.9 Å². The van der Waals surface area contributed by atoms with Crippen LogP contribution < -0.4 is 0 Å². The third-order valence-corrected chi connectivity index (χ3v) is 5.20. The lowest BCUT2D eigenvalue weighted by atomic mass is 9.95. The van der Waals surface area contributed by atoms with Crippen LogP contribution in [0.25, 0.3) is 11.6 Å². The number of Topliss-reactive ketones (excluding diaryl/α,β-unsaturated/α-hetero) is 1. The number of carbonyl (C=O) groups is 1. The van der Waals surface area contributed by atoms with Crippen LogP contribution in [0.15, 0.2) is 28.8 Å². The molecule has 2 aromatic heterocycles. The fourth-order valence-electron chi connectivity index (χ4n) is 3.33. The number of ketones is 1. The van der Waals surface area contributed by atoms with Gasteiger partial charge in [-0.15, -0.1) is 0 Å². The summed E-state index contributed by atoms with van der Waals surface area (Å²) in [7, 11) is 0. The predicted molar refractivity (Wildman–Crippen MR) is 97.2 cm³/mol. The van der Waals surface area contributed by atoms with E-state index in [4.69, 9.17) is 16.1 Å². The van der Waals surface area contributed by atoms with Gasteiger partial charge in [-0.05, 0) is 49.6 Å². The van der Waals surface area contributed by atoms with Crippen molar-refractivity contribution in [1.29, 1.82) is 0 Å². The van der Waals surface area contributed by atoms with Gasteiger partial charge in [0.15, 0.2) is 17.3 Å². The summed E-state index contributed by atoms with van der Waals surface area (Å²) in [5, 5.41) is 8.39. The highest BCUT2D eigenvalue weighted by Crippen LogP contribution is 2.54. The Morgan fingerprint density at radius 3 is 2.69 bits per heavy atom. The van der Waals surface area contributed by atoms with Crippen LogP contribution in [0.2, 0.25) is 5.02 Å². The molecule has 1 aliphatic rings. The lowest BCUT2D eigenvalue weighted by molar-refractivity contribution is -0.117. The first kappa shape index (κ1) is 19.6. The van der Waals surface area contributed by atoms with Gasteiger partial charge in [0.1, 0.15) is 11.5 Å². The molecule has 4 rings (SSSR count). The Kier molecular flexibility index (Phi) is 4.53. The summed E-state index contributed by atoms with van der Waals surface area (Å²) < 4.78 is 47.7. The molecule has 152 valence electrons. The van der Waals surface area contributed by atoms with E-state index in [1.165, 1.54) is 25.1 Å². The van der Waals surface area contributed by atoms with Crippen LogP contribution in [0, 0.1) is 5.82 Å². The highest BCUT2D eigenvalue weighted by molar-refractivity contribution is 6.31. The van der Waals surface area contributed by atoms with Crippen molar-refractivity contribution >= 4 is 17.4 Å². The first-order valence-corrected chi connectivity index (χ1v) is 9.24. The fourth-order valence-corrected chi connectivity index (χ4v) is 3.63. The molecule has 2 heterocycles. The van der Waals surface area contributed by atoms with Gasteiger partial charge in [-0.3, -0.25) is 9.48 Å². The van der Waals surface area contributed by atoms with Gasteiger partial charge in [0.25, 0.3) is 11.8 Å². The topological polar surface area (TPSA) is 73.8 Å². The third kappa shape index (κ3) is 3.55. The molecule has 10 heteroatoms. The van der Waals surface area contributed by atoms with Crippen LogP contribution in [0.3, 0.4) is 0 Å². The highest BCUT2D eigenvalue weighted by Gasteiger charge is 2.51. The number of nitrogens with zero attached hydrogens (tertiary/aromatic N) is 4. The predicted octanol–water partition coefficient (Wildman–Crippen LogP) is 4.51. The van der Waals surface area contributed by atoms with Crippen molar-refractivity contribution in [2.24, 2.45) is 0 Å². The molecule has 0 atom stereocenters. The zero-order chi connectivity index (χ0) is 21.0. The standard InChI is InChI=1S/C19H16ClF3N4O2/c1-10(28)9-27-15(18(2,22)23)8-14(25-27)16-24-17(26-29-16)19(5-6-19)12-7-11(21)3-4-13(12)20/h3-4,7-8H,5-6,9H2,1-2H3.